The lowest BCUT2D eigenvalue weighted by Gasteiger charge is -2.04. The van der Waals surface area contributed by atoms with Gasteiger partial charge in [0.1, 0.15) is 0 Å². The molecule has 0 radical (unpaired) electrons. The Kier molecular flexibility index (Phi) is 6.06. The number of hydrogen-bond donors (Lipinski definition) is 3. The lowest BCUT2D eigenvalue weighted by molar-refractivity contribution is -0.118. The van der Waals surface area contributed by atoms with Gasteiger partial charge in [-0.05, 0) is 12.5 Å². The minimum atomic E-state index is -0.380. The molecule has 0 bridgehead atoms. The second kappa shape index (κ2) is 7.84. The number of nitrogens with two attached hydrogens (primary N) is 2. The van der Waals surface area contributed by atoms with E-state index < -0.39 is 0 Å². The molecule has 0 aliphatic heterocycles. The highest BCUT2D eigenvalue weighted by Crippen LogP contribution is 2.01. The van der Waals surface area contributed by atoms with Crippen LogP contribution in [0.5, 0.6) is 0 Å². The number of amides is 2. The molecule has 0 unspecified atom stereocenters. The molecule has 0 aromatic carbocycles. The monoisotopic (exact) mass is 260 g/mol. The fourth-order valence-corrected chi connectivity index (χ4v) is 1.35. The standard InChI is InChI=1S/C13H16N4O2/c14-5-1-3-10-7-11(9-16-8-10)13(19)17-6-2-4-12(15)18/h7-9H,2,4-6,14H2,(H2,15,18)(H,17,19). The van der Waals surface area contributed by atoms with Gasteiger partial charge < -0.3 is 16.8 Å². The summed E-state index contributed by atoms with van der Waals surface area (Å²) >= 11 is 0. The number of pyridine rings is 1. The van der Waals surface area contributed by atoms with Crippen molar-refractivity contribution in [1.82, 2.24) is 10.3 Å². The number of hydrogen-bond acceptors (Lipinski definition) is 4. The third-order valence-corrected chi connectivity index (χ3v) is 2.22. The van der Waals surface area contributed by atoms with E-state index in [1.165, 1.54) is 6.20 Å². The van der Waals surface area contributed by atoms with E-state index in [1.807, 2.05) is 0 Å². The van der Waals surface area contributed by atoms with Crippen LogP contribution in [-0.2, 0) is 4.79 Å². The summed E-state index contributed by atoms with van der Waals surface area (Å²) in [4.78, 5) is 26.2. The van der Waals surface area contributed by atoms with Crippen LogP contribution in [0.4, 0.5) is 0 Å². The predicted molar refractivity (Wildman–Crippen MR) is 70.9 cm³/mol. The normalized spacial score (nSPS) is 9.32. The van der Waals surface area contributed by atoms with Crippen LogP contribution in [0.1, 0.15) is 28.8 Å². The second-order valence-corrected chi connectivity index (χ2v) is 3.79. The van der Waals surface area contributed by atoms with Gasteiger partial charge >= 0.3 is 0 Å². The Morgan fingerprint density at radius 1 is 1.37 bits per heavy atom. The molecule has 1 aromatic rings. The Balaban J connectivity index is 2.54. The van der Waals surface area contributed by atoms with Gasteiger partial charge in [-0.25, -0.2) is 0 Å². The molecule has 19 heavy (non-hydrogen) atoms. The van der Waals surface area contributed by atoms with Crippen molar-refractivity contribution in [2.45, 2.75) is 12.8 Å². The molecule has 1 rings (SSSR count). The van der Waals surface area contributed by atoms with Gasteiger partial charge in [-0.2, -0.15) is 0 Å². The summed E-state index contributed by atoms with van der Waals surface area (Å²) in [5.74, 6) is 4.86. The number of carbonyl (C=O) groups is 2. The Labute approximate surface area is 111 Å². The van der Waals surface area contributed by atoms with Gasteiger partial charge in [0.15, 0.2) is 0 Å². The molecule has 2 amide bonds. The van der Waals surface area contributed by atoms with Crippen LogP contribution in [0.15, 0.2) is 18.5 Å². The maximum Gasteiger partial charge on any atom is 0.252 e. The van der Waals surface area contributed by atoms with Gasteiger partial charge in [0.25, 0.3) is 5.91 Å². The number of primary amides is 1. The highest BCUT2D eigenvalue weighted by Gasteiger charge is 2.05. The molecule has 6 heteroatoms. The summed E-state index contributed by atoms with van der Waals surface area (Å²) in [6, 6.07) is 1.64. The number of nitrogens with zero attached hydrogens (tertiary/aromatic N) is 1. The summed E-state index contributed by atoms with van der Waals surface area (Å²) < 4.78 is 0. The van der Waals surface area contributed by atoms with E-state index in [1.54, 1.807) is 12.3 Å². The third kappa shape index (κ3) is 5.66. The van der Waals surface area contributed by atoms with Gasteiger partial charge in [0.05, 0.1) is 12.1 Å². The fraction of sp³-hybridized carbons (Fsp3) is 0.308. The van der Waals surface area contributed by atoms with Crippen molar-refractivity contribution < 1.29 is 9.59 Å². The SMILES string of the molecule is NCC#Cc1cncc(C(=O)NCCCC(N)=O)c1. The van der Waals surface area contributed by atoms with Crippen molar-refractivity contribution in [3.05, 3.63) is 29.6 Å². The highest BCUT2D eigenvalue weighted by atomic mass is 16.2. The molecule has 5 N–H and O–H groups in total. The van der Waals surface area contributed by atoms with E-state index in [4.69, 9.17) is 11.5 Å². The molecule has 0 aliphatic carbocycles. The van der Waals surface area contributed by atoms with Crippen LogP contribution in [0, 0.1) is 11.8 Å². The van der Waals surface area contributed by atoms with Crippen LogP contribution in [0.2, 0.25) is 0 Å². The van der Waals surface area contributed by atoms with E-state index >= 15 is 0 Å². The highest BCUT2D eigenvalue weighted by molar-refractivity contribution is 5.94. The molecular weight excluding hydrogens is 244 g/mol. The average Bonchev–Trinajstić information content (AvgIpc) is 2.41. The first-order chi connectivity index (χ1) is 9.13. The largest absolute Gasteiger partial charge is 0.370 e. The number of rotatable bonds is 5. The van der Waals surface area contributed by atoms with Crippen LogP contribution < -0.4 is 16.8 Å². The molecule has 6 nitrogen and oxygen atoms in total. The van der Waals surface area contributed by atoms with E-state index in [0.29, 0.717) is 24.1 Å². The maximum absolute atomic E-state index is 11.8. The molecule has 100 valence electrons. The Morgan fingerprint density at radius 3 is 2.84 bits per heavy atom. The van der Waals surface area contributed by atoms with Crippen molar-refractivity contribution in [3.8, 4) is 11.8 Å². The van der Waals surface area contributed by atoms with E-state index in [0.717, 1.165) is 0 Å². The van der Waals surface area contributed by atoms with Crippen LogP contribution in [-0.4, -0.2) is 29.9 Å². The molecule has 0 spiro atoms. The van der Waals surface area contributed by atoms with E-state index in [9.17, 15) is 9.59 Å². The summed E-state index contributed by atoms with van der Waals surface area (Å²) in [5, 5.41) is 2.68. The zero-order valence-corrected chi connectivity index (χ0v) is 10.5. The van der Waals surface area contributed by atoms with Crippen molar-refractivity contribution >= 4 is 11.8 Å². The van der Waals surface area contributed by atoms with Crippen LogP contribution in [0.25, 0.3) is 0 Å². The maximum atomic E-state index is 11.8. The molecule has 0 aliphatic rings. The van der Waals surface area contributed by atoms with Crippen molar-refractivity contribution in [3.63, 3.8) is 0 Å². The van der Waals surface area contributed by atoms with Crippen molar-refractivity contribution in [1.29, 1.82) is 0 Å². The minimum Gasteiger partial charge on any atom is -0.370 e. The summed E-state index contributed by atoms with van der Waals surface area (Å²) in [6.07, 6.45) is 3.78. The van der Waals surface area contributed by atoms with Crippen molar-refractivity contribution in [2.75, 3.05) is 13.1 Å². The summed E-state index contributed by atoms with van der Waals surface area (Å²) in [6.45, 7) is 0.643. The van der Waals surface area contributed by atoms with Gasteiger partial charge in [0, 0.05) is 30.9 Å². The van der Waals surface area contributed by atoms with Gasteiger partial charge in [0.2, 0.25) is 5.91 Å². The van der Waals surface area contributed by atoms with E-state index in [2.05, 4.69) is 22.1 Å². The average molecular weight is 260 g/mol. The number of nitrogens with one attached hydrogen (secondary N) is 1. The quantitative estimate of drug-likeness (QED) is 0.484. The zero-order valence-electron chi connectivity index (χ0n) is 10.5. The molecule has 1 heterocycles. The molecule has 0 atom stereocenters. The van der Waals surface area contributed by atoms with E-state index in [-0.39, 0.29) is 24.8 Å². The van der Waals surface area contributed by atoms with Crippen LogP contribution >= 0.6 is 0 Å². The third-order valence-electron chi connectivity index (χ3n) is 2.22. The molecular formula is C13H16N4O2. The second-order valence-electron chi connectivity index (χ2n) is 3.79. The number of aromatic nitrogens is 1. The van der Waals surface area contributed by atoms with Gasteiger partial charge in [-0.3, -0.25) is 14.6 Å². The lowest BCUT2D eigenvalue weighted by Crippen LogP contribution is -2.25. The summed E-state index contributed by atoms with van der Waals surface area (Å²) in [7, 11) is 0. The lowest BCUT2D eigenvalue weighted by atomic mass is 10.2. The topological polar surface area (TPSA) is 111 Å². The summed E-state index contributed by atoms with van der Waals surface area (Å²) in [5.41, 5.74) is 11.3. The number of carbonyl (C=O) groups excluding carboxylic acids is 2. The van der Waals surface area contributed by atoms with Crippen LogP contribution in [0.3, 0.4) is 0 Å². The first-order valence-corrected chi connectivity index (χ1v) is 5.84. The van der Waals surface area contributed by atoms with Gasteiger partial charge in [-0.15, -0.1) is 0 Å². The first-order valence-electron chi connectivity index (χ1n) is 5.84. The Morgan fingerprint density at radius 2 is 2.16 bits per heavy atom. The van der Waals surface area contributed by atoms with Gasteiger partial charge in [-0.1, -0.05) is 11.8 Å². The molecule has 0 saturated carbocycles. The predicted octanol–water partition coefficient (Wildman–Crippen LogP) is -0.613. The molecule has 0 fully saturated rings. The minimum absolute atomic E-state index is 0.251. The zero-order chi connectivity index (χ0) is 14.1. The molecule has 0 saturated heterocycles. The van der Waals surface area contributed by atoms with Crippen molar-refractivity contribution in [2.24, 2.45) is 11.5 Å². The molecule has 1 aromatic heterocycles. The fourth-order valence-electron chi connectivity index (χ4n) is 1.35. The Bertz CT molecular complexity index is 517. The Hall–Kier alpha value is -2.39. The smallest absolute Gasteiger partial charge is 0.252 e. The first kappa shape index (κ1) is 14.7.